The second-order valence-corrected chi connectivity index (χ2v) is 6.21. The molecule has 0 amide bonds. The van der Waals surface area contributed by atoms with Gasteiger partial charge < -0.3 is 9.84 Å². The van der Waals surface area contributed by atoms with E-state index in [-0.39, 0.29) is 18.3 Å². The number of carbonyl (C=O) groups excluding carboxylic acids is 1. The zero-order valence-corrected chi connectivity index (χ0v) is 12.4. The Balaban J connectivity index is 2.93. The van der Waals surface area contributed by atoms with Crippen LogP contribution in [0.3, 0.4) is 0 Å². The van der Waals surface area contributed by atoms with Crippen LogP contribution in [-0.4, -0.2) is 16.7 Å². The van der Waals surface area contributed by atoms with Crippen molar-refractivity contribution in [3.63, 3.8) is 0 Å². The summed E-state index contributed by atoms with van der Waals surface area (Å²) in [4.78, 5) is 12.0. The first kappa shape index (κ1) is 15.7. The molecule has 1 rings (SSSR count). The molecule has 1 aromatic carbocycles. The minimum absolute atomic E-state index is 0.0358. The van der Waals surface area contributed by atoms with E-state index in [2.05, 4.69) is 0 Å². The van der Waals surface area contributed by atoms with Gasteiger partial charge in [0.1, 0.15) is 11.2 Å². The van der Waals surface area contributed by atoms with Crippen LogP contribution < -0.4 is 0 Å². The number of hydrogen-bond donors (Lipinski definition) is 1. The van der Waals surface area contributed by atoms with Gasteiger partial charge in [-0.3, -0.25) is 4.79 Å². The van der Waals surface area contributed by atoms with E-state index in [9.17, 15) is 9.90 Å². The predicted octanol–water partition coefficient (Wildman–Crippen LogP) is 3.26. The van der Waals surface area contributed by atoms with Crippen LogP contribution in [0.5, 0.6) is 0 Å². The number of aliphatic hydroxyl groups is 1. The fourth-order valence-electron chi connectivity index (χ4n) is 1.96. The average Bonchev–Trinajstić information content (AvgIpc) is 2.27. The lowest BCUT2D eigenvalue weighted by Gasteiger charge is -2.33. The van der Waals surface area contributed by atoms with Gasteiger partial charge in [-0.05, 0) is 32.3 Å². The molecule has 0 spiro atoms. The summed E-state index contributed by atoms with van der Waals surface area (Å²) >= 11 is 0. The van der Waals surface area contributed by atoms with Crippen molar-refractivity contribution < 1.29 is 14.6 Å². The van der Waals surface area contributed by atoms with Crippen molar-refractivity contribution in [1.82, 2.24) is 0 Å². The van der Waals surface area contributed by atoms with Crippen LogP contribution in [0.2, 0.25) is 0 Å². The molecule has 0 saturated heterocycles. The molecular formula is C16H24O3. The SMILES string of the molecule is CC(C)C(O)(CC(=O)OC(C)(C)C)c1ccccc1. The van der Waals surface area contributed by atoms with Gasteiger partial charge in [0.05, 0.1) is 6.42 Å². The largest absolute Gasteiger partial charge is 0.460 e. The Morgan fingerprint density at radius 3 is 2.16 bits per heavy atom. The summed E-state index contributed by atoms with van der Waals surface area (Å²) in [7, 11) is 0. The Labute approximate surface area is 115 Å². The minimum Gasteiger partial charge on any atom is -0.460 e. The van der Waals surface area contributed by atoms with Crippen molar-refractivity contribution in [1.29, 1.82) is 0 Å². The minimum atomic E-state index is -1.19. The van der Waals surface area contributed by atoms with Crippen molar-refractivity contribution >= 4 is 5.97 Å². The maximum atomic E-state index is 12.0. The van der Waals surface area contributed by atoms with Gasteiger partial charge in [-0.25, -0.2) is 0 Å². The number of carbonyl (C=O) groups is 1. The summed E-state index contributed by atoms with van der Waals surface area (Å²) in [6.45, 7) is 9.26. The highest BCUT2D eigenvalue weighted by Crippen LogP contribution is 2.33. The molecule has 0 aromatic heterocycles. The van der Waals surface area contributed by atoms with Crippen LogP contribution in [0.25, 0.3) is 0 Å². The molecule has 0 fully saturated rings. The number of ether oxygens (including phenoxy) is 1. The van der Waals surface area contributed by atoms with Crippen molar-refractivity contribution in [2.24, 2.45) is 5.92 Å². The third kappa shape index (κ3) is 4.35. The monoisotopic (exact) mass is 264 g/mol. The topological polar surface area (TPSA) is 46.5 Å². The highest BCUT2D eigenvalue weighted by atomic mass is 16.6. The van der Waals surface area contributed by atoms with Gasteiger partial charge in [0.2, 0.25) is 0 Å². The lowest BCUT2D eigenvalue weighted by molar-refractivity contribution is -0.163. The summed E-state index contributed by atoms with van der Waals surface area (Å²) in [5.74, 6) is -0.463. The highest BCUT2D eigenvalue weighted by Gasteiger charge is 2.37. The smallest absolute Gasteiger partial charge is 0.309 e. The van der Waals surface area contributed by atoms with Crippen LogP contribution in [0.4, 0.5) is 0 Å². The van der Waals surface area contributed by atoms with Crippen molar-refractivity contribution in [3.8, 4) is 0 Å². The summed E-state index contributed by atoms with van der Waals surface area (Å²) in [6.07, 6.45) is -0.0358. The van der Waals surface area contributed by atoms with Crippen LogP contribution in [0.1, 0.15) is 46.6 Å². The fraction of sp³-hybridized carbons (Fsp3) is 0.562. The summed E-state index contributed by atoms with van der Waals surface area (Å²) < 4.78 is 5.31. The second kappa shape index (κ2) is 5.74. The van der Waals surface area contributed by atoms with E-state index < -0.39 is 11.2 Å². The van der Waals surface area contributed by atoms with Gasteiger partial charge in [-0.15, -0.1) is 0 Å². The van der Waals surface area contributed by atoms with Gasteiger partial charge in [0.15, 0.2) is 0 Å². The summed E-state index contributed by atoms with van der Waals surface area (Å²) in [5, 5.41) is 10.8. The molecule has 0 aliphatic heterocycles. The molecule has 3 nitrogen and oxygen atoms in total. The van der Waals surface area contributed by atoms with E-state index in [0.717, 1.165) is 5.56 Å². The summed E-state index contributed by atoms with van der Waals surface area (Å²) in [6, 6.07) is 9.28. The molecule has 0 aliphatic carbocycles. The van der Waals surface area contributed by atoms with Gasteiger partial charge in [-0.2, -0.15) is 0 Å². The number of rotatable bonds is 4. The Bertz CT molecular complexity index is 417. The summed E-state index contributed by atoms with van der Waals surface area (Å²) in [5.41, 5.74) is -0.981. The van der Waals surface area contributed by atoms with Gasteiger partial charge in [0, 0.05) is 0 Å². The maximum Gasteiger partial charge on any atom is 0.309 e. The molecule has 0 aliphatic rings. The molecular weight excluding hydrogens is 240 g/mol. The molecule has 1 N–H and O–H groups in total. The third-order valence-electron chi connectivity index (χ3n) is 3.06. The first-order valence-corrected chi connectivity index (χ1v) is 6.65. The Kier molecular flexibility index (Phi) is 4.75. The van der Waals surface area contributed by atoms with E-state index in [1.807, 2.05) is 65.0 Å². The van der Waals surface area contributed by atoms with E-state index in [4.69, 9.17) is 4.74 Å². The fourth-order valence-corrected chi connectivity index (χ4v) is 1.96. The Morgan fingerprint density at radius 2 is 1.74 bits per heavy atom. The number of benzene rings is 1. The molecule has 106 valence electrons. The van der Waals surface area contributed by atoms with Crippen LogP contribution in [0, 0.1) is 5.92 Å². The first-order chi connectivity index (χ1) is 8.65. The highest BCUT2D eigenvalue weighted by molar-refractivity contribution is 5.71. The van der Waals surface area contributed by atoms with Gasteiger partial charge in [0.25, 0.3) is 0 Å². The molecule has 3 heteroatoms. The molecule has 0 saturated carbocycles. The van der Waals surface area contributed by atoms with E-state index in [0.29, 0.717) is 0 Å². The quantitative estimate of drug-likeness (QED) is 0.849. The third-order valence-corrected chi connectivity index (χ3v) is 3.06. The normalized spacial score (nSPS) is 15.1. The van der Waals surface area contributed by atoms with Gasteiger partial charge in [-0.1, -0.05) is 44.2 Å². The Hall–Kier alpha value is -1.35. The molecule has 19 heavy (non-hydrogen) atoms. The van der Waals surface area contributed by atoms with E-state index in [1.165, 1.54) is 0 Å². The molecule has 1 aromatic rings. The van der Waals surface area contributed by atoms with Crippen molar-refractivity contribution in [2.45, 2.75) is 52.2 Å². The molecule has 1 unspecified atom stereocenters. The molecule has 0 radical (unpaired) electrons. The van der Waals surface area contributed by atoms with E-state index >= 15 is 0 Å². The Morgan fingerprint density at radius 1 is 1.21 bits per heavy atom. The maximum absolute atomic E-state index is 12.0. The number of hydrogen-bond acceptors (Lipinski definition) is 3. The van der Waals surface area contributed by atoms with Crippen molar-refractivity contribution in [3.05, 3.63) is 35.9 Å². The van der Waals surface area contributed by atoms with Crippen LogP contribution in [0.15, 0.2) is 30.3 Å². The average molecular weight is 264 g/mol. The zero-order chi connectivity index (χ0) is 14.7. The first-order valence-electron chi connectivity index (χ1n) is 6.65. The van der Waals surface area contributed by atoms with E-state index in [1.54, 1.807) is 0 Å². The van der Waals surface area contributed by atoms with Crippen LogP contribution >= 0.6 is 0 Å². The standard InChI is InChI=1S/C16H24O3/c1-12(2)16(18,13-9-7-6-8-10-13)11-14(17)19-15(3,4)5/h6-10,12,18H,11H2,1-5H3. The van der Waals surface area contributed by atoms with Crippen LogP contribution in [-0.2, 0) is 15.1 Å². The second-order valence-electron chi connectivity index (χ2n) is 6.21. The lowest BCUT2D eigenvalue weighted by atomic mass is 9.81. The lowest BCUT2D eigenvalue weighted by Crippen LogP contribution is -2.37. The van der Waals surface area contributed by atoms with Crippen molar-refractivity contribution in [2.75, 3.05) is 0 Å². The van der Waals surface area contributed by atoms with Gasteiger partial charge >= 0.3 is 5.97 Å². The predicted molar refractivity (Wildman–Crippen MR) is 75.6 cm³/mol. The molecule has 0 heterocycles. The molecule has 1 atom stereocenters. The number of esters is 1. The molecule has 0 bridgehead atoms. The zero-order valence-electron chi connectivity index (χ0n) is 12.4.